The molecular formula is C18H18Cl2O. The summed E-state index contributed by atoms with van der Waals surface area (Å²) in [5, 5.41) is 1.13. The third-order valence-corrected chi connectivity index (χ3v) is 4.04. The lowest BCUT2D eigenvalue weighted by Gasteiger charge is -2.07. The number of carbonyl (C=O) groups excluding carboxylic acids is 1. The Morgan fingerprint density at radius 3 is 2.24 bits per heavy atom. The minimum Gasteiger partial charge on any atom is -0.299 e. The van der Waals surface area contributed by atoms with Gasteiger partial charge in [-0.2, -0.15) is 0 Å². The van der Waals surface area contributed by atoms with Gasteiger partial charge in [-0.3, -0.25) is 4.79 Å². The molecule has 0 amide bonds. The lowest BCUT2D eigenvalue weighted by Crippen LogP contribution is -2.07. The zero-order valence-electron chi connectivity index (χ0n) is 12.2. The van der Waals surface area contributed by atoms with Gasteiger partial charge >= 0.3 is 0 Å². The van der Waals surface area contributed by atoms with E-state index in [1.165, 1.54) is 5.56 Å². The molecule has 0 saturated heterocycles. The number of carbonyl (C=O) groups is 1. The van der Waals surface area contributed by atoms with Gasteiger partial charge in [-0.05, 0) is 34.7 Å². The molecule has 0 aliphatic heterocycles. The Kier molecular flexibility index (Phi) is 5.44. The van der Waals surface area contributed by atoms with E-state index in [0.717, 1.165) is 11.1 Å². The first-order chi connectivity index (χ1) is 9.95. The zero-order chi connectivity index (χ0) is 15.4. The van der Waals surface area contributed by atoms with E-state index in [4.69, 9.17) is 23.2 Å². The lowest BCUT2D eigenvalue weighted by atomic mass is 9.98. The molecule has 0 aliphatic rings. The van der Waals surface area contributed by atoms with Crippen LogP contribution in [-0.2, 0) is 17.6 Å². The number of halogens is 2. The van der Waals surface area contributed by atoms with Gasteiger partial charge in [0.2, 0.25) is 0 Å². The normalized spacial score (nSPS) is 10.9. The summed E-state index contributed by atoms with van der Waals surface area (Å²) in [6.45, 7) is 4.31. The molecule has 0 N–H and O–H groups in total. The van der Waals surface area contributed by atoms with Crippen LogP contribution in [0.15, 0.2) is 42.5 Å². The molecule has 0 unspecified atom stereocenters. The molecule has 0 bridgehead atoms. The Morgan fingerprint density at radius 1 is 1.00 bits per heavy atom. The van der Waals surface area contributed by atoms with Crippen LogP contribution in [0.1, 0.15) is 36.5 Å². The van der Waals surface area contributed by atoms with Crippen molar-refractivity contribution < 1.29 is 4.79 Å². The maximum atomic E-state index is 12.1. The van der Waals surface area contributed by atoms with E-state index in [1.807, 2.05) is 18.2 Å². The third-order valence-electron chi connectivity index (χ3n) is 3.45. The minimum atomic E-state index is 0.150. The summed E-state index contributed by atoms with van der Waals surface area (Å²) >= 11 is 11.9. The Labute approximate surface area is 135 Å². The van der Waals surface area contributed by atoms with Gasteiger partial charge < -0.3 is 0 Å². The van der Waals surface area contributed by atoms with Crippen LogP contribution in [0, 0.1) is 0 Å². The number of rotatable bonds is 5. The van der Waals surface area contributed by atoms with Gasteiger partial charge in [0.05, 0.1) is 0 Å². The Bertz CT molecular complexity index is 630. The van der Waals surface area contributed by atoms with Crippen molar-refractivity contribution in [2.24, 2.45) is 0 Å². The van der Waals surface area contributed by atoms with Crippen LogP contribution in [0.5, 0.6) is 0 Å². The van der Waals surface area contributed by atoms with Crippen molar-refractivity contribution in [1.29, 1.82) is 0 Å². The fraction of sp³-hybridized carbons (Fsp3) is 0.278. The highest BCUT2D eigenvalue weighted by molar-refractivity contribution is 6.35. The van der Waals surface area contributed by atoms with Crippen molar-refractivity contribution in [3.05, 3.63) is 69.2 Å². The average molecular weight is 321 g/mol. The van der Waals surface area contributed by atoms with Crippen molar-refractivity contribution >= 4 is 29.0 Å². The molecule has 0 heterocycles. The van der Waals surface area contributed by atoms with Crippen LogP contribution in [0.25, 0.3) is 0 Å². The predicted octanol–water partition coefficient (Wildman–Crippen LogP) is 5.47. The largest absolute Gasteiger partial charge is 0.299 e. The van der Waals surface area contributed by atoms with Crippen molar-refractivity contribution in [3.63, 3.8) is 0 Å². The smallest absolute Gasteiger partial charge is 0.141 e. The Morgan fingerprint density at radius 2 is 1.67 bits per heavy atom. The Hall–Kier alpha value is -1.31. The predicted molar refractivity (Wildman–Crippen MR) is 89.4 cm³/mol. The highest BCUT2D eigenvalue weighted by atomic mass is 35.5. The third kappa shape index (κ3) is 4.59. The summed E-state index contributed by atoms with van der Waals surface area (Å²) in [7, 11) is 0. The second-order valence-electron chi connectivity index (χ2n) is 5.52. The van der Waals surface area contributed by atoms with Gasteiger partial charge in [-0.1, -0.05) is 67.4 Å². The summed E-state index contributed by atoms with van der Waals surface area (Å²) in [5.41, 5.74) is 3.14. The quantitative estimate of drug-likeness (QED) is 0.713. The lowest BCUT2D eigenvalue weighted by molar-refractivity contribution is -0.117. The van der Waals surface area contributed by atoms with Crippen LogP contribution in [0.3, 0.4) is 0 Å². The van der Waals surface area contributed by atoms with Crippen LogP contribution < -0.4 is 0 Å². The molecule has 0 atom stereocenters. The summed E-state index contributed by atoms with van der Waals surface area (Å²) in [5.74, 6) is 0.652. The number of hydrogen-bond acceptors (Lipinski definition) is 1. The van der Waals surface area contributed by atoms with Crippen LogP contribution >= 0.6 is 23.2 Å². The molecule has 0 fully saturated rings. The van der Waals surface area contributed by atoms with Gasteiger partial charge in [-0.15, -0.1) is 0 Å². The van der Waals surface area contributed by atoms with Gasteiger partial charge in [0, 0.05) is 22.9 Å². The molecule has 21 heavy (non-hydrogen) atoms. The molecule has 3 heteroatoms. The summed E-state index contributed by atoms with van der Waals surface area (Å²) < 4.78 is 0. The van der Waals surface area contributed by atoms with E-state index < -0.39 is 0 Å². The second kappa shape index (κ2) is 7.11. The molecule has 2 aromatic carbocycles. The summed E-state index contributed by atoms with van der Waals surface area (Å²) in [6.07, 6.45) is 0.763. The van der Waals surface area contributed by atoms with Crippen molar-refractivity contribution in [1.82, 2.24) is 0 Å². The molecule has 1 nitrogen and oxygen atoms in total. The van der Waals surface area contributed by atoms with Crippen LogP contribution in [0.2, 0.25) is 10.0 Å². The number of benzene rings is 2. The molecule has 2 rings (SSSR count). The van der Waals surface area contributed by atoms with E-state index in [-0.39, 0.29) is 5.78 Å². The summed E-state index contributed by atoms with van der Waals surface area (Å²) in [4.78, 5) is 12.1. The van der Waals surface area contributed by atoms with Gasteiger partial charge in [0.1, 0.15) is 5.78 Å². The van der Waals surface area contributed by atoms with Gasteiger partial charge in [-0.25, -0.2) is 0 Å². The van der Waals surface area contributed by atoms with E-state index in [9.17, 15) is 4.79 Å². The molecule has 0 aromatic heterocycles. The van der Waals surface area contributed by atoms with Crippen molar-refractivity contribution in [3.8, 4) is 0 Å². The fourth-order valence-corrected chi connectivity index (χ4v) is 2.66. The molecule has 0 aliphatic carbocycles. The fourth-order valence-electron chi connectivity index (χ4n) is 2.19. The van der Waals surface area contributed by atoms with Crippen LogP contribution in [-0.4, -0.2) is 5.78 Å². The highest BCUT2D eigenvalue weighted by Gasteiger charge is 2.09. The standard InChI is InChI=1S/C18H18Cl2O/c1-12(2)14-5-3-13(4-6-14)9-17(21)10-15-7-8-16(19)11-18(15)20/h3-8,11-12H,9-10H2,1-2H3. The topological polar surface area (TPSA) is 17.1 Å². The van der Waals surface area contributed by atoms with Crippen molar-refractivity contribution in [2.45, 2.75) is 32.6 Å². The molecule has 110 valence electrons. The number of hydrogen-bond donors (Lipinski definition) is 0. The molecule has 0 radical (unpaired) electrons. The van der Waals surface area contributed by atoms with Crippen molar-refractivity contribution in [2.75, 3.05) is 0 Å². The first-order valence-electron chi connectivity index (χ1n) is 7.00. The van der Waals surface area contributed by atoms with Crippen LogP contribution in [0.4, 0.5) is 0 Å². The monoisotopic (exact) mass is 320 g/mol. The first-order valence-corrected chi connectivity index (χ1v) is 7.76. The van der Waals surface area contributed by atoms with E-state index in [1.54, 1.807) is 12.1 Å². The first kappa shape index (κ1) is 16.1. The Balaban J connectivity index is 2.01. The molecule has 0 spiro atoms. The van der Waals surface area contributed by atoms with Gasteiger partial charge in [0.25, 0.3) is 0 Å². The SMILES string of the molecule is CC(C)c1ccc(CC(=O)Cc2ccc(Cl)cc2Cl)cc1. The summed E-state index contributed by atoms with van der Waals surface area (Å²) in [6, 6.07) is 13.5. The maximum absolute atomic E-state index is 12.1. The minimum absolute atomic E-state index is 0.150. The van der Waals surface area contributed by atoms with E-state index in [0.29, 0.717) is 28.8 Å². The molecule has 0 saturated carbocycles. The van der Waals surface area contributed by atoms with Gasteiger partial charge in [0.15, 0.2) is 0 Å². The average Bonchev–Trinajstić information content (AvgIpc) is 2.42. The second-order valence-corrected chi connectivity index (χ2v) is 6.37. The molecular weight excluding hydrogens is 303 g/mol. The number of ketones is 1. The zero-order valence-corrected chi connectivity index (χ0v) is 13.7. The number of Topliss-reactive ketones (excluding diaryl/α,β-unsaturated/α-hetero) is 1. The highest BCUT2D eigenvalue weighted by Crippen LogP contribution is 2.22. The van der Waals surface area contributed by atoms with E-state index in [2.05, 4.69) is 26.0 Å². The van der Waals surface area contributed by atoms with E-state index >= 15 is 0 Å². The maximum Gasteiger partial charge on any atom is 0.141 e. The molecule has 2 aromatic rings.